The van der Waals surface area contributed by atoms with Crippen LogP contribution in [0.4, 0.5) is 14.6 Å². The van der Waals surface area contributed by atoms with Gasteiger partial charge in [0, 0.05) is 30.8 Å². The number of anilines is 1. The molecule has 1 fully saturated rings. The van der Waals surface area contributed by atoms with Crippen molar-refractivity contribution in [3.8, 4) is 17.6 Å². The van der Waals surface area contributed by atoms with Crippen molar-refractivity contribution in [3.05, 3.63) is 77.7 Å². The standard InChI is InChI=1S/C27H23F2N5O3/c1-17-10-26(35)34(14-17)24-12-20(8-9-31-24)36-16-25-32-21-7-6-18(13-30)11-22(21)33(25)15-19-4-2-3-5-23(19)37-27(28)29/h2-9,11-12,17,27H,10,14-16H2,1H3. The second kappa shape index (κ2) is 10.2. The number of halogens is 2. The van der Waals surface area contributed by atoms with Crippen LogP contribution in [0.5, 0.6) is 11.5 Å². The summed E-state index contributed by atoms with van der Waals surface area (Å²) >= 11 is 0. The van der Waals surface area contributed by atoms with E-state index in [1.807, 2.05) is 11.5 Å². The molecular formula is C27H23F2N5O3. The molecule has 37 heavy (non-hydrogen) atoms. The summed E-state index contributed by atoms with van der Waals surface area (Å²) in [7, 11) is 0. The van der Waals surface area contributed by atoms with Gasteiger partial charge in [-0.25, -0.2) is 9.97 Å². The first-order chi connectivity index (χ1) is 17.9. The largest absolute Gasteiger partial charge is 0.485 e. The number of aromatic nitrogens is 3. The third-order valence-corrected chi connectivity index (χ3v) is 6.15. The van der Waals surface area contributed by atoms with Gasteiger partial charge in [-0.3, -0.25) is 9.69 Å². The van der Waals surface area contributed by atoms with E-state index in [9.17, 15) is 18.8 Å². The lowest BCUT2D eigenvalue weighted by atomic mass is 10.2. The molecule has 0 N–H and O–H groups in total. The Kier molecular flexibility index (Phi) is 6.68. The second-order valence-corrected chi connectivity index (χ2v) is 8.87. The number of carbonyl (C=O) groups is 1. The molecule has 1 aliphatic rings. The van der Waals surface area contributed by atoms with Crippen LogP contribution in [0.3, 0.4) is 0 Å². The molecule has 1 aliphatic heterocycles. The molecule has 10 heteroatoms. The minimum absolute atomic E-state index is 0.0249. The van der Waals surface area contributed by atoms with Gasteiger partial charge in [0.05, 0.1) is 29.2 Å². The zero-order valence-electron chi connectivity index (χ0n) is 20.0. The number of imidazole rings is 1. The number of pyridine rings is 1. The van der Waals surface area contributed by atoms with Crippen LogP contribution in [0.15, 0.2) is 60.8 Å². The Morgan fingerprint density at radius 1 is 1.19 bits per heavy atom. The number of hydrogen-bond donors (Lipinski definition) is 0. The maximum absolute atomic E-state index is 13.0. The van der Waals surface area contributed by atoms with Gasteiger partial charge in [-0.1, -0.05) is 25.1 Å². The Hall–Kier alpha value is -4.52. The lowest BCUT2D eigenvalue weighted by Gasteiger charge is -2.16. The lowest BCUT2D eigenvalue weighted by molar-refractivity contribution is -0.117. The summed E-state index contributed by atoms with van der Waals surface area (Å²) in [6.45, 7) is -0.103. The Morgan fingerprint density at radius 2 is 2.03 bits per heavy atom. The molecule has 5 rings (SSSR count). The highest BCUT2D eigenvalue weighted by atomic mass is 19.3. The molecule has 0 spiro atoms. The quantitative estimate of drug-likeness (QED) is 0.339. The van der Waals surface area contributed by atoms with Gasteiger partial charge in [-0.05, 0) is 36.2 Å². The molecule has 1 saturated heterocycles. The van der Waals surface area contributed by atoms with Crippen LogP contribution in [-0.2, 0) is 17.9 Å². The molecule has 188 valence electrons. The zero-order valence-corrected chi connectivity index (χ0v) is 20.0. The summed E-state index contributed by atoms with van der Waals surface area (Å²) in [5, 5.41) is 9.39. The van der Waals surface area contributed by atoms with Crippen LogP contribution in [0, 0.1) is 17.2 Å². The fourth-order valence-electron chi connectivity index (χ4n) is 4.44. The first kappa shape index (κ1) is 24.2. The molecule has 8 nitrogen and oxygen atoms in total. The van der Waals surface area contributed by atoms with Crippen molar-refractivity contribution in [1.29, 1.82) is 5.26 Å². The number of para-hydroxylation sites is 1. The van der Waals surface area contributed by atoms with E-state index in [0.717, 1.165) is 0 Å². The Bertz CT molecular complexity index is 1500. The molecule has 0 bridgehead atoms. The Balaban J connectivity index is 1.46. The van der Waals surface area contributed by atoms with E-state index in [1.54, 1.807) is 59.6 Å². The fraction of sp³-hybridized carbons (Fsp3) is 0.259. The molecule has 1 unspecified atom stereocenters. The van der Waals surface area contributed by atoms with Gasteiger partial charge in [0.15, 0.2) is 0 Å². The molecule has 0 saturated carbocycles. The third kappa shape index (κ3) is 5.21. The smallest absolute Gasteiger partial charge is 0.387 e. The maximum Gasteiger partial charge on any atom is 0.387 e. The average Bonchev–Trinajstić information content (AvgIpc) is 3.41. The zero-order chi connectivity index (χ0) is 25.9. The highest BCUT2D eigenvalue weighted by Crippen LogP contribution is 2.28. The number of nitriles is 1. The lowest BCUT2D eigenvalue weighted by Crippen LogP contribution is -2.25. The summed E-state index contributed by atoms with van der Waals surface area (Å²) in [5.41, 5.74) is 2.27. The van der Waals surface area contributed by atoms with Gasteiger partial charge in [-0.15, -0.1) is 0 Å². The number of fused-ring (bicyclic) bond motifs is 1. The number of hydrogen-bond acceptors (Lipinski definition) is 6. The van der Waals surface area contributed by atoms with Crippen LogP contribution >= 0.6 is 0 Å². The second-order valence-electron chi connectivity index (χ2n) is 8.87. The van der Waals surface area contributed by atoms with Crippen molar-refractivity contribution in [3.63, 3.8) is 0 Å². The normalized spacial score (nSPS) is 15.4. The molecule has 1 amide bonds. The van der Waals surface area contributed by atoms with Gasteiger partial charge in [0.1, 0.15) is 29.7 Å². The summed E-state index contributed by atoms with van der Waals surface area (Å²) in [4.78, 5) is 22.9. The van der Waals surface area contributed by atoms with Crippen LogP contribution < -0.4 is 14.4 Å². The predicted molar refractivity (Wildman–Crippen MR) is 131 cm³/mol. The highest BCUT2D eigenvalue weighted by Gasteiger charge is 2.28. The van der Waals surface area contributed by atoms with E-state index in [4.69, 9.17) is 9.47 Å². The molecule has 2 aromatic heterocycles. The van der Waals surface area contributed by atoms with E-state index in [1.165, 1.54) is 6.07 Å². The van der Waals surface area contributed by atoms with Crippen molar-refractivity contribution in [2.24, 2.45) is 5.92 Å². The van der Waals surface area contributed by atoms with Gasteiger partial charge >= 0.3 is 6.61 Å². The number of amides is 1. The molecular weight excluding hydrogens is 480 g/mol. The van der Waals surface area contributed by atoms with Gasteiger partial charge in [-0.2, -0.15) is 14.0 Å². The average molecular weight is 504 g/mol. The van der Waals surface area contributed by atoms with Crippen LogP contribution in [0.25, 0.3) is 11.0 Å². The van der Waals surface area contributed by atoms with Gasteiger partial charge < -0.3 is 14.0 Å². The van der Waals surface area contributed by atoms with E-state index in [0.29, 0.717) is 52.5 Å². The van der Waals surface area contributed by atoms with E-state index in [2.05, 4.69) is 16.0 Å². The highest BCUT2D eigenvalue weighted by molar-refractivity contribution is 5.94. The minimum atomic E-state index is -2.96. The monoisotopic (exact) mass is 503 g/mol. The number of benzene rings is 2. The van der Waals surface area contributed by atoms with Gasteiger partial charge in [0.2, 0.25) is 5.91 Å². The molecule has 2 aromatic carbocycles. The van der Waals surface area contributed by atoms with Gasteiger partial charge in [0.25, 0.3) is 0 Å². The van der Waals surface area contributed by atoms with E-state index in [-0.39, 0.29) is 30.7 Å². The summed E-state index contributed by atoms with van der Waals surface area (Å²) in [6, 6.07) is 17.2. The number of nitrogens with zero attached hydrogens (tertiary/aromatic N) is 5. The number of rotatable bonds is 8. The topological polar surface area (TPSA) is 93.3 Å². The maximum atomic E-state index is 13.0. The van der Waals surface area contributed by atoms with Crippen LogP contribution in [0.2, 0.25) is 0 Å². The first-order valence-electron chi connectivity index (χ1n) is 11.7. The first-order valence-corrected chi connectivity index (χ1v) is 11.7. The Labute approximate surface area is 211 Å². The molecule has 1 atom stereocenters. The van der Waals surface area contributed by atoms with E-state index >= 15 is 0 Å². The summed E-state index contributed by atoms with van der Waals surface area (Å²) < 4.78 is 38.5. The molecule has 0 aliphatic carbocycles. The third-order valence-electron chi connectivity index (χ3n) is 6.15. The molecule has 0 radical (unpaired) electrons. The van der Waals surface area contributed by atoms with Crippen LogP contribution in [0.1, 0.15) is 30.3 Å². The van der Waals surface area contributed by atoms with Crippen molar-refractivity contribution in [1.82, 2.24) is 14.5 Å². The summed E-state index contributed by atoms with van der Waals surface area (Å²) in [5.74, 6) is 1.91. The fourth-order valence-corrected chi connectivity index (χ4v) is 4.44. The molecule has 4 aromatic rings. The van der Waals surface area contributed by atoms with E-state index < -0.39 is 6.61 Å². The number of ether oxygens (including phenoxy) is 2. The van der Waals surface area contributed by atoms with Crippen molar-refractivity contribution in [2.45, 2.75) is 33.1 Å². The summed E-state index contributed by atoms with van der Waals surface area (Å²) in [6.07, 6.45) is 2.07. The van der Waals surface area contributed by atoms with Crippen molar-refractivity contribution in [2.75, 3.05) is 11.4 Å². The Morgan fingerprint density at radius 3 is 2.78 bits per heavy atom. The number of carbonyl (C=O) groups excluding carboxylic acids is 1. The number of alkyl halides is 2. The molecule has 3 heterocycles. The van der Waals surface area contributed by atoms with Crippen LogP contribution in [-0.4, -0.2) is 33.6 Å². The van der Waals surface area contributed by atoms with Crippen molar-refractivity contribution >= 4 is 22.8 Å². The minimum Gasteiger partial charge on any atom is -0.485 e. The SMILES string of the molecule is CC1CC(=O)N(c2cc(OCc3nc4ccc(C#N)cc4n3Cc3ccccc3OC(F)F)ccn2)C1. The predicted octanol–water partition coefficient (Wildman–Crippen LogP) is 4.90. The van der Waals surface area contributed by atoms with Crippen molar-refractivity contribution < 1.29 is 23.0 Å².